The molecule has 1 aromatic carbocycles. The van der Waals surface area contributed by atoms with Crippen LogP contribution in [0.2, 0.25) is 0 Å². The molecule has 1 aromatic rings. The van der Waals surface area contributed by atoms with Crippen molar-refractivity contribution in [1.29, 1.82) is 0 Å². The highest BCUT2D eigenvalue weighted by Crippen LogP contribution is 2.49. The van der Waals surface area contributed by atoms with Gasteiger partial charge in [-0.3, -0.25) is 0 Å². The first kappa shape index (κ1) is 14.6. The van der Waals surface area contributed by atoms with E-state index in [1.165, 1.54) is 29.7 Å². The Morgan fingerprint density at radius 2 is 2.20 bits per heavy atom. The maximum atomic E-state index is 5.01. The number of anilines is 1. The number of nitrogens with one attached hydrogen (secondary N) is 1. The van der Waals surface area contributed by atoms with Crippen LogP contribution in [-0.4, -0.2) is 35.2 Å². The summed E-state index contributed by atoms with van der Waals surface area (Å²) >= 11 is 10.0. The lowest BCUT2D eigenvalue weighted by Gasteiger charge is -2.39. The lowest BCUT2D eigenvalue weighted by molar-refractivity contribution is 0.280. The van der Waals surface area contributed by atoms with Gasteiger partial charge in [0.2, 0.25) is 0 Å². The molecule has 0 aliphatic carbocycles. The Morgan fingerprint density at radius 1 is 1.40 bits per heavy atom. The van der Waals surface area contributed by atoms with Crippen molar-refractivity contribution in [3.05, 3.63) is 29.3 Å². The lowest BCUT2D eigenvalue weighted by atomic mass is 9.90. The van der Waals surface area contributed by atoms with Crippen molar-refractivity contribution in [2.75, 3.05) is 25.5 Å². The van der Waals surface area contributed by atoms with E-state index < -0.39 is 0 Å². The Labute approximate surface area is 133 Å². The summed E-state index contributed by atoms with van der Waals surface area (Å²) in [4.78, 5) is 2.42. The standard InChI is InChI=1S/C16H24N2S2/c1-3-11-6-7-14-12(9-11)13(10-17-14)16(19,20)15-5-4-8-18(15)2/h6-7,9,13,15,17,19-20H,3-5,8,10H2,1-2H3. The van der Waals surface area contributed by atoms with Crippen LogP contribution in [0.3, 0.4) is 0 Å². The molecule has 2 aliphatic rings. The zero-order valence-corrected chi connectivity index (χ0v) is 14.1. The summed E-state index contributed by atoms with van der Waals surface area (Å²) < 4.78 is -0.282. The van der Waals surface area contributed by atoms with Gasteiger partial charge in [0, 0.05) is 24.2 Å². The zero-order chi connectivity index (χ0) is 14.3. The molecule has 3 rings (SSSR count). The van der Waals surface area contributed by atoms with Crippen molar-refractivity contribution in [2.45, 2.75) is 42.2 Å². The molecule has 2 heterocycles. The van der Waals surface area contributed by atoms with Crippen molar-refractivity contribution in [1.82, 2.24) is 4.90 Å². The molecule has 4 heteroatoms. The second-order valence-corrected chi connectivity index (χ2v) is 7.96. The summed E-state index contributed by atoms with van der Waals surface area (Å²) in [5.74, 6) is 0.362. The number of hydrogen-bond acceptors (Lipinski definition) is 4. The van der Waals surface area contributed by atoms with E-state index in [-0.39, 0.29) is 4.08 Å². The maximum Gasteiger partial charge on any atom is 0.0792 e. The van der Waals surface area contributed by atoms with Crippen LogP contribution in [0.1, 0.15) is 36.8 Å². The van der Waals surface area contributed by atoms with Crippen LogP contribution in [0.25, 0.3) is 0 Å². The highest BCUT2D eigenvalue weighted by molar-refractivity contribution is 8.00. The largest absolute Gasteiger partial charge is 0.384 e. The Bertz CT molecular complexity index is 501. The first-order valence-electron chi connectivity index (χ1n) is 7.55. The number of nitrogens with zero attached hydrogens (tertiary/aromatic N) is 1. The third-order valence-electron chi connectivity index (χ3n) is 4.92. The molecule has 20 heavy (non-hydrogen) atoms. The summed E-state index contributed by atoms with van der Waals surface area (Å²) in [6.45, 7) is 4.31. The van der Waals surface area contributed by atoms with Gasteiger partial charge < -0.3 is 10.2 Å². The number of benzene rings is 1. The molecule has 2 atom stereocenters. The molecule has 2 aliphatic heterocycles. The third-order valence-corrected chi connectivity index (χ3v) is 6.14. The second kappa shape index (κ2) is 5.47. The van der Waals surface area contributed by atoms with Crippen molar-refractivity contribution >= 4 is 30.9 Å². The zero-order valence-electron chi connectivity index (χ0n) is 12.3. The maximum absolute atomic E-state index is 5.01. The summed E-state index contributed by atoms with van der Waals surface area (Å²) in [5.41, 5.74) is 4.06. The fourth-order valence-corrected chi connectivity index (χ4v) is 4.77. The molecule has 0 amide bonds. The minimum Gasteiger partial charge on any atom is -0.384 e. The Hall–Kier alpha value is -0.320. The fourth-order valence-electron chi connectivity index (χ4n) is 3.66. The van der Waals surface area contributed by atoms with E-state index in [4.69, 9.17) is 25.3 Å². The van der Waals surface area contributed by atoms with E-state index in [1.54, 1.807) is 0 Å². The van der Waals surface area contributed by atoms with Gasteiger partial charge >= 0.3 is 0 Å². The molecule has 110 valence electrons. The van der Waals surface area contributed by atoms with Gasteiger partial charge in [0.05, 0.1) is 4.08 Å². The predicted molar refractivity (Wildman–Crippen MR) is 93.4 cm³/mol. The summed E-state index contributed by atoms with van der Waals surface area (Å²) in [5, 5.41) is 3.53. The van der Waals surface area contributed by atoms with Crippen LogP contribution in [-0.2, 0) is 6.42 Å². The van der Waals surface area contributed by atoms with E-state index in [2.05, 4.69) is 42.4 Å². The van der Waals surface area contributed by atoms with Crippen LogP contribution < -0.4 is 5.32 Å². The first-order chi connectivity index (χ1) is 9.54. The van der Waals surface area contributed by atoms with Crippen LogP contribution in [0.5, 0.6) is 0 Å². The van der Waals surface area contributed by atoms with Gasteiger partial charge in [-0.1, -0.05) is 19.1 Å². The Morgan fingerprint density at radius 3 is 2.85 bits per heavy atom. The number of thiol groups is 2. The molecule has 1 fully saturated rings. The molecule has 2 unspecified atom stereocenters. The molecule has 0 spiro atoms. The van der Waals surface area contributed by atoms with Crippen LogP contribution in [0.15, 0.2) is 18.2 Å². The SMILES string of the molecule is CCc1ccc2c(c1)C(C(S)(S)C1CCCN1C)CN2. The first-order valence-corrected chi connectivity index (χ1v) is 8.45. The smallest absolute Gasteiger partial charge is 0.0792 e. The average molecular weight is 309 g/mol. The molecular formula is C16H24N2S2. The highest BCUT2D eigenvalue weighted by Gasteiger charge is 2.46. The van der Waals surface area contributed by atoms with Crippen LogP contribution in [0.4, 0.5) is 5.69 Å². The summed E-state index contributed by atoms with van der Waals surface area (Å²) in [7, 11) is 2.20. The van der Waals surface area contributed by atoms with Crippen LogP contribution >= 0.6 is 25.3 Å². The molecular weight excluding hydrogens is 284 g/mol. The van der Waals surface area contributed by atoms with Gasteiger partial charge in [0.25, 0.3) is 0 Å². The molecule has 2 nitrogen and oxygen atoms in total. The van der Waals surface area contributed by atoms with E-state index in [0.717, 1.165) is 19.5 Å². The minimum atomic E-state index is -0.282. The fraction of sp³-hybridized carbons (Fsp3) is 0.625. The quantitative estimate of drug-likeness (QED) is 0.586. The van der Waals surface area contributed by atoms with Crippen LogP contribution in [0, 0.1) is 0 Å². The normalized spacial score (nSPS) is 26.6. The van der Waals surface area contributed by atoms with Crippen molar-refractivity contribution in [3.63, 3.8) is 0 Å². The topological polar surface area (TPSA) is 15.3 Å². The molecule has 1 N–H and O–H groups in total. The Kier molecular flexibility index (Phi) is 3.99. The van der Waals surface area contributed by atoms with E-state index >= 15 is 0 Å². The summed E-state index contributed by atoms with van der Waals surface area (Å²) in [6, 6.07) is 7.21. The van der Waals surface area contributed by atoms with Gasteiger partial charge in [0.15, 0.2) is 0 Å². The van der Waals surface area contributed by atoms with Gasteiger partial charge in [-0.25, -0.2) is 0 Å². The molecule has 1 saturated heterocycles. The number of aryl methyl sites for hydroxylation is 1. The predicted octanol–water partition coefficient (Wildman–Crippen LogP) is 3.41. The summed E-state index contributed by atoms with van der Waals surface area (Å²) in [6.07, 6.45) is 3.53. The van der Waals surface area contributed by atoms with Gasteiger partial charge in [-0.05, 0) is 50.0 Å². The molecule has 0 bridgehead atoms. The number of fused-ring (bicyclic) bond motifs is 1. The minimum absolute atomic E-state index is 0.282. The molecule has 0 aromatic heterocycles. The van der Waals surface area contributed by atoms with Crippen molar-refractivity contribution < 1.29 is 0 Å². The number of hydrogen-bond donors (Lipinski definition) is 3. The number of rotatable bonds is 3. The lowest BCUT2D eigenvalue weighted by Crippen LogP contribution is -2.45. The van der Waals surface area contributed by atoms with Gasteiger partial charge in [-0.15, -0.1) is 0 Å². The van der Waals surface area contributed by atoms with Crippen molar-refractivity contribution in [2.24, 2.45) is 0 Å². The Balaban J connectivity index is 1.93. The number of likely N-dealkylation sites (tertiary alicyclic amines) is 1. The highest BCUT2D eigenvalue weighted by atomic mass is 32.2. The van der Waals surface area contributed by atoms with Gasteiger partial charge in [-0.2, -0.15) is 25.3 Å². The van der Waals surface area contributed by atoms with Crippen molar-refractivity contribution in [3.8, 4) is 0 Å². The molecule has 0 saturated carbocycles. The van der Waals surface area contributed by atoms with E-state index in [0.29, 0.717) is 12.0 Å². The second-order valence-electron chi connectivity index (χ2n) is 6.13. The van der Waals surface area contributed by atoms with E-state index in [9.17, 15) is 0 Å². The third kappa shape index (κ3) is 2.36. The monoisotopic (exact) mass is 308 g/mol. The van der Waals surface area contributed by atoms with E-state index in [1.807, 2.05) is 0 Å². The average Bonchev–Trinajstić information content (AvgIpc) is 3.04. The van der Waals surface area contributed by atoms with Gasteiger partial charge in [0.1, 0.15) is 0 Å². The molecule has 0 radical (unpaired) electrons.